The van der Waals surface area contributed by atoms with Crippen LogP contribution < -0.4 is 4.74 Å². The highest BCUT2D eigenvalue weighted by atomic mass is 32.2. The lowest BCUT2D eigenvalue weighted by atomic mass is 10.0. The third-order valence-electron chi connectivity index (χ3n) is 5.64. The summed E-state index contributed by atoms with van der Waals surface area (Å²) in [6, 6.07) is 11.4. The van der Waals surface area contributed by atoms with Crippen LogP contribution in [-0.2, 0) is 9.59 Å². The van der Waals surface area contributed by atoms with Crippen molar-refractivity contribution >= 4 is 45.7 Å². The summed E-state index contributed by atoms with van der Waals surface area (Å²) in [5.74, 6) is 2.34. The zero-order valence-corrected chi connectivity index (χ0v) is 18.5. The predicted molar refractivity (Wildman–Crippen MR) is 126 cm³/mol. The molecule has 0 bridgehead atoms. The molecule has 0 aliphatic carbocycles. The Morgan fingerprint density at radius 1 is 1.09 bits per heavy atom. The van der Waals surface area contributed by atoms with Gasteiger partial charge in [0.15, 0.2) is 0 Å². The van der Waals surface area contributed by atoms with Crippen LogP contribution in [0, 0.1) is 12.3 Å². The second-order valence-electron chi connectivity index (χ2n) is 7.75. The molecule has 3 amide bonds. The molecule has 7 heteroatoms. The van der Waals surface area contributed by atoms with Gasteiger partial charge in [0.1, 0.15) is 18.9 Å². The normalized spacial score (nSPS) is 18.2. The first-order valence-corrected chi connectivity index (χ1v) is 11.5. The van der Waals surface area contributed by atoms with Crippen molar-refractivity contribution in [3.05, 3.63) is 46.9 Å². The Labute approximate surface area is 191 Å². The summed E-state index contributed by atoms with van der Waals surface area (Å²) >= 11 is 0.842. The molecular formula is C25H24N2O4S. The smallest absolute Gasteiger partial charge is 0.294 e. The summed E-state index contributed by atoms with van der Waals surface area (Å²) in [5, 5.41) is 1.42. The van der Waals surface area contributed by atoms with Crippen molar-refractivity contribution in [1.82, 2.24) is 9.80 Å². The van der Waals surface area contributed by atoms with Gasteiger partial charge in [-0.05, 0) is 47.5 Å². The quantitative estimate of drug-likeness (QED) is 0.504. The number of benzene rings is 2. The van der Waals surface area contributed by atoms with Crippen LogP contribution in [0.25, 0.3) is 16.8 Å². The molecule has 0 atom stereocenters. The summed E-state index contributed by atoms with van der Waals surface area (Å²) in [6.07, 6.45) is 11.1. The van der Waals surface area contributed by atoms with Gasteiger partial charge >= 0.3 is 0 Å². The molecule has 0 spiro atoms. The number of hydrogen-bond acceptors (Lipinski definition) is 5. The number of rotatable bonds is 5. The summed E-state index contributed by atoms with van der Waals surface area (Å²) in [5.41, 5.74) is 0.683. The lowest BCUT2D eigenvalue weighted by molar-refractivity contribution is -0.135. The number of imide groups is 1. The number of carbonyl (C=O) groups excluding carboxylic acids is 3. The fraction of sp³-hybridized carbons (Fsp3) is 0.320. The van der Waals surface area contributed by atoms with Gasteiger partial charge in [0.2, 0.25) is 5.91 Å². The number of ether oxygens (including phenoxy) is 1. The van der Waals surface area contributed by atoms with Crippen molar-refractivity contribution in [2.24, 2.45) is 0 Å². The average Bonchev–Trinajstić information content (AvgIpc) is 2.99. The fourth-order valence-corrected chi connectivity index (χ4v) is 4.81. The standard InChI is InChI=1S/C25H24N2O4S/c1-2-15-31-21-12-11-18-9-5-6-10-19(18)20(21)16-22-24(29)27(25(30)32-22)17-23(28)26-13-7-3-4-8-14-26/h1,5-6,9-12,16H,3-4,7-8,13-15,17H2. The molecule has 0 radical (unpaired) electrons. The lowest BCUT2D eigenvalue weighted by Gasteiger charge is -2.22. The maximum atomic E-state index is 13.0. The van der Waals surface area contributed by atoms with Crippen LogP contribution in [-0.4, -0.2) is 53.1 Å². The fourth-order valence-electron chi connectivity index (χ4n) is 3.99. The van der Waals surface area contributed by atoms with Crippen LogP contribution in [0.4, 0.5) is 4.79 Å². The molecule has 164 valence electrons. The van der Waals surface area contributed by atoms with E-state index in [1.54, 1.807) is 17.0 Å². The third kappa shape index (κ3) is 4.66. The predicted octanol–water partition coefficient (Wildman–Crippen LogP) is 4.29. The molecule has 2 aliphatic rings. The van der Waals surface area contributed by atoms with Crippen LogP contribution in [0.3, 0.4) is 0 Å². The molecule has 0 unspecified atom stereocenters. The Balaban J connectivity index is 1.61. The Morgan fingerprint density at radius 2 is 1.84 bits per heavy atom. The number of carbonyl (C=O) groups is 3. The highest BCUT2D eigenvalue weighted by molar-refractivity contribution is 8.18. The first-order valence-electron chi connectivity index (χ1n) is 10.7. The molecule has 32 heavy (non-hydrogen) atoms. The zero-order chi connectivity index (χ0) is 22.5. The maximum Gasteiger partial charge on any atom is 0.294 e. The Kier molecular flexibility index (Phi) is 6.81. The van der Waals surface area contributed by atoms with Gasteiger partial charge in [-0.3, -0.25) is 19.3 Å². The van der Waals surface area contributed by atoms with E-state index in [0.717, 1.165) is 53.1 Å². The monoisotopic (exact) mass is 448 g/mol. The van der Waals surface area contributed by atoms with Crippen LogP contribution >= 0.6 is 11.8 Å². The minimum Gasteiger partial charge on any atom is -0.480 e. The summed E-state index contributed by atoms with van der Waals surface area (Å²) in [6.45, 7) is 1.22. The molecule has 2 aliphatic heterocycles. The van der Waals surface area contributed by atoms with Gasteiger partial charge in [-0.15, -0.1) is 6.42 Å². The molecule has 2 aromatic rings. The number of fused-ring (bicyclic) bond motifs is 1. The second-order valence-corrected chi connectivity index (χ2v) is 8.75. The molecule has 2 heterocycles. The first-order chi connectivity index (χ1) is 15.6. The highest BCUT2D eigenvalue weighted by Crippen LogP contribution is 2.36. The van der Waals surface area contributed by atoms with Crippen molar-refractivity contribution in [3.8, 4) is 18.1 Å². The SMILES string of the molecule is C#CCOc1ccc2ccccc2c1C=C1SC(=O)N(CC(=O)N2CCCCCC2)C1=O. The van der Waals surface area contributed by atoms with Gasteiger partial charge in [-0.25, -0.2) is 0 Å². The Hall–Kier alpha value is -3.24. The number of likely N-dealkylation sites (tertiary alicyclic amines) is 1. The maximum absolute atomic E-state index is 13.0. The van der Waals surface area contributed by atoms with E-state index >= 15 is 0 Å². The van der Waals surface area contributed by atoms with E-state index in [0.29, 0.717) is 24.4 Å². The molecule has 4 rings (SSSR count). The number of terminal acetylenes is 1. The molecule has 0 N–H and O–H groups in total. The van der Waals surface area contributed by atoms with Gasteiger partial charge in [-0.1, -0.05) is 49.1 Å². The summed E-state index contributed by atoms with van der Waals surface area (Å²) < 4.78 is 5.69. The molecule has 0 aromatic heterocycles. The molecule has 2 fully saturated rings. The highest BCUT2D eigenvalue weighted by Gasteiger charge is 2.37. The number of amides is 3. The third-order valence-corrected chi connectivity index (χ3v) is 6.55. The van der Waals surface area contributed by atoms with E-state index < -0.39 is 11.1 Å². The van der Waals surface area contributed by atoms with E-state index in [9.17, 15) is 14.4 Å². The topological polar surface area (TPSA) is 66.9 Å². The molecular weight excluding hydrogens is 424 g/mol. The second kappa shape index (κ2) is 9.92. The van der Waals surface area contributed by atoms with E-state index in [4.69, 9.17) is 11.2 Å². The molecule has 0 saturated carbocycles. The van der Waals surface area contributed by atoms with Gasteiger partial charge < -0.3 is 9.64 Å². The van der Waals surface area contributed by atoms with Crippen molar-refractivity contribution in [3.63, 3.8) is 0 Å². The molecule has 2 saturated heterocycles. The largest absolute Gasteiger partial charge is 0.480 e. The van der Waals surface area contributed by atoms with E-state index in [2.05, 4.69) is 5.92 Å². The first kappa shape index (κ1) is 22.0. The minimum atomic E-state index is -0.459. The van der Waals surface area contributed by atoms with Gasteiger partial charge in [0.05, 0.1) is 4.91 Å². The summed E-state index contributed by atoms with van der Waals surface area (Å²) in [7, 11) is 0. The van der Waals surface area contributed by atoms with Crippen molar-refractivity contribution in [2.75, 3.05) is 26.2 Å². The van der Waals surface area contributed by atoms with Gasteiger partial charge in [0, 0.05) is 18.7 Å². The van der Waals surface area contributed by atoms with Crippen LogP contribution in [0.2, 0.25) is 0 Å². The Morgan fingerprint density at radius 3 is 2.59 bits per heavy atom. The average molecular weight is 449 g/mol. The van der Waals surface area contributed by atoms with Crippen molar-refractivity contribution in [2.45, 2.75) is 25.7 Å². The van der Waals surface area contributed by atoms with E-state index in [1.807, 2.05) is 30.3 Å². The van der Waals surface area contributed by atoms with E-state index in [-0.39, 0.29) is 24.0 Å². The van der Waals surface area contributed by atoms with Crippen LogP contribution in [0.5, 0.6) is 5.75 Å². The van der Waals surface area contributed by atoms with Gasteiger partial charge in [-0.2, -0.15) is 0 Å². The Bertz CT molecular complexity index is 1130. The van der Waals surface area contributed by atoms with Crippen molar-refractivity contribution < 1.29 is 19.1 Å². The zero-order valence-electron chi connectivity index (χ0n) is 17.7. The van der Waals surface area contributed by atoms with Crippen LogP contribution in [0.1, 0.15) is 31.2 Å². The molecule has 6 nitrogen and oxygen atoms in total. The van der Waals surface area contributed by atoms with E-state index in [1.165, 1.54) is 0 Å². The minimum absolute atomic E-state index is 0.0883. The number of hydrogen-bond donors (Lipinski definition) is 0. The molecule has 2 aromatic carbocycles. The van der Waals surface area contributed by atoms with Crippen molar-refractivity contribution in [1.29, 1.82) is 0 Å². The lowest BCUT2D eigenvalue weighted by Crippen LogP contribution is -2.42. The number of nitrogens with zero attached hydrogens (tertiary/aromatic N) is 2. The van der Waals surface area contributed by atoms with Crippen LogP contribution in [0.15, 0.2) is 41.3 Å². The van der Waals surface area contributed by atoms with Gasteiger partial charge in [0.25, 0.3) is 11.1 Å². The summed E-state index contributed by atoms with van der Waals surface area (Å²) in [4.78, 5) is 41.4. The number of thioether (sulfide) groups is 1.